The summed E-state index contributed by atoms with van der Waals surface area (Å²) in [6, 6.07) is 0. The van der Waals surface area contributed by atoms with Crippen LogP contribution in [0.4, 0.5) is 0 Å². The van der Waals surface area contributed by atoms with Gasteiger partial charge in [0.05, 0.1) is 0 Å². The SMILES string of the molecule is CC1CCC(C(C)C)C(Oc2nc(Br)cn3ccnc23)C1. The molecule has 1 saturated carbocycles. The van der Waals surface area contributed by atoms with Gasteiger partial charge in [-0.05, 0) is 46.5 Å². The van der Waals surface area contributed by atoms with Crippen LogP contribution in [0.1, 0.15) is 40.0 Å². The zero-order valence-corrected chi connectivity index (χ0v) is 14.4. The highest BCUT2D eigenvalue weighted by Crippen LogP contribution is 2.36. The van der Waals surface area contributed by atoms with E-state index in [0.29, 0.717) is 23.6 Å². The van der Waals surface area contributed by atoms with Gasteiger partial charge in [0.1, 0.15) is 10.7 Å². The second kappa shape index (κ2) is 5.95. The first-order valence-corrected chi connectivity index (χ1v) is 8.49. The minimum atomic E-state index is 0.232. The molecule has 0 radical (unpaired) electrons. The zero-order chi connectivity index (χ0) is 15.0. The third kappa shape index (κ3) is 3.07. The number of nitrogens with zero attached hydrogens (tertiary/aromatic N) is 3. The molecule has 3 rings (SSSR count). The normalized spacial score (nSPS) is 26.4. The van der Waals surface area contributed by atoms with Crippen molar-refractivity contribution in [2.45, 2.75) is 46.1 Å². The van der Waals surface area contributed by atoms with Crippen molar-refractivity contribution in [2.24, 2.45) is 17.8 Å². The van der Waals surface area contributed by atoms with Crippen molar-refractivity contribution in [3.8, 4) is 5.88 Å². The quantitative estimate of drug-likeness (QED) is 0.825. The number of hydrogen-bond acceptors (Lipinski definition) is 3. The number of rotatable bonds is 3. The Labute approximate surface area is 134 Å². The van der Waals surface area contributed by atoms with E-state index in [2.05, 4.69) is 46.7 Å². The number of imidazole rings is 1. The number of hydrogen-bond donors (Lipinski definition) is 0. The topological polar surface area (TPSA) is 39.4 Å². The molecule has 0 amide bonds. The van der Waals surface area contributed by atoms with E-state index in [4.69, 9.17) is 4.74 Å². The molecule has 2 aromatic heterocycles. The first-order chi connectivity index (χ1) is 10.0. The molecule has 1 aliphatic carbocycles. The van der Waals surface area contributed by atoms with E-state index < -0.39 is 0 Å². The van der Waals surface area contributed by atoms with Crippen molar-refractivity contribution in [3.63, 3.8) is 0 Å². The van der Waals surface area contributed by atoms with E-state index in [1.54, 1.807) is 6.20 Å². The Kier molecular flexibility index (Phi) is 4.20. The summed E-state index contributed by atoms with van der Waals surface area (Å²) in [5.74, 6) is 2.58. The van der Waals surface area contributed by atoms with Crippen LogP contribution in [0.15, 0.2) is 23.2 Å². The van der Waals surface area contributed by atoms with E-state index in [9.17, 15) is 0 Å². The van der Waals surface area contributed by atoms with E-state index in [1.165, 1.54) is 12.8 Å². The molecular formula is C16H22BrN3O. The summed E-state index contributed by atoms with van der Waals surface area (Å²) in [5, 5.41) is 0. The Morgan fingerprint density at radius 1 is 1.38 bits per heavy atom. The molecular weight excluding hydrogens is 330 g/mol. The number of fused-ring (bicyclic) bond motifs is 1. The van der Waals surface area contributed by atoms with E-state index in [1.807, 2.05) is 16.8 Å². The van der Waals surface area contributed by atoms with Gasteiger partial charge in [0.2, 0.25) is 5.65 Å². The second-order valence-electron chi connectivity index (χ2n) is 6.51. The molecule has 4 nitrogen and oxygen atoms in total. The van der Waals surface area contributed by atoms with Gasteiger partial charge in [-0.3, -0.25) is 4.40 Å². The molecule has 3 atom stereocenters. The fourth-order valence-corrected chi connectivity index (χ4v) is 3.73. The highest BCUT2D eigenvalue weighted by molar-refractivity contribution is 9.10. The minimum absolute atomic E-state index is 0.232. The molecule has 0 saturated heterocycles. The van der Waals surface area contributed by atoms with Crippen LogP contribution < -0.4 is 4.74 Å². The van der Waals surface area contributed by atoms with Gasteiger partial charge >= 0.3 is 0 Å². The van der Waals surface area contributed by atoms with E-state index in [0.717, 1.165) is 16.7 Å². The summed E-state index contributed by atoms with van der Waals surface area (Å²) in [7, 11) is 0. The van der Waals surface area contributed by atoms with Gasteiger partial charge in [-0.25, -0.2) is 9.97 Å². The lowest BCUT2D eigenvalue weighted by Crippen LogP contribution is -2.36. The summed E-state index contributed by atoms with van der Waals surface area (Å²) >= 11 is 3.45. The average Bonchev–Trinajstić information content (AvgIpc) is 2.86. The summed E-state index contributed by atoms with van der Waals surface area (Å²) in [5.41, 5.74) is 0.791. The standard InChI is InChI=1S/C16H22BrN3O/c1-10(2)12-5-4-11(3)8-13(12)21-16-15-18-6-7-20(15)9-14(17)19-16/h6-7,9-13H,4-5,8H2,1-3H3. The monoisotopic (exact) mass is 351 g/mol. The summed E-state index contributed by atoms with van der Waals surface area (Å²) in [4.78, 5) is 8.87. The summed E-state index contributed by atoms with van der Waals surface area (Å²) in [6.45, 7) is 6.89. The van der Waals surface area contributed by atoms with Crippen molar-refractivity contribution in [1.29, 1.82) is 0 Å². The van der Waals surface area contributed by atoms with Crippen molar-refractivity contribution in [3.05, 3.63) is 23.2 Å². The fourth-order valence-electron chi connectivity index (χ4n) is 3.35. The third-order valence-corrected chi connectivity index (χ3v) is 4.92. The van der Waals surface area contributed by atoms with Crippen molar-refractivity contribution < 1.29 is 4.74 Å². The van der Waals surface area contributed by atoms with Crippen molar-refractivity contribution >= 4 is 21.6 Å². The first-order valence-electron chi connectivity index (χ1n) is 7.70. The van der Waals surface area contributed by atoms with Crippen LogP contribution in [0.3, 0.4) is 0 Å². The maximum atomic E-state index is 6.33. The predicted octanol–water partition coefficient (Wildman–Crippen LogP) is 4.33. The van der Waals surface area contributed by atoms with Crippen molar-refractivity contribution in [2.75, 3.05) is 0 Å². The van der Waals surface area contributed by atoms with Crippen LogP contribution in [0.2, 0.25) is 0 Å². The molecule has 1 fully saturated rings. The van der Waals surface area contributed by atoms with E-state index >= 15 is 0 Å². The molecule has 3 unspecified atom stereocenters. The van der Waals surface area contributed by atoms with Gasteiger partial charge < -0.3 is 4.74 Å². The maximum absolute atomic E-state index is 6.33. The molecule has 2 heterocycles. The third-order valence-electron chi connectivity index (χ3n) is 4.54. The van der Waals surface area contributed by atoms with Crippen molar-refractivity contribution in [1.82, 2.24) is 14.4 Å². The molecule has 21 heavy (non-hydrogen) atoms. The van der Waals surface area contributed by atoms with Gasteiger partial charge in [-0.15, -0.1) is 0 Å². The van der Waals surface area contributed by atoms with Gasteiger partial charge in [0.15, 0.2) is 0 Å². The lowest BCUT2D eigenvalue weighted by Gasteiger charge is -2.37. The number of ether oxygens (including phenoxy) is 1. The maximum Gasteiger partial charge on any atom is 0.259 e. The molecule has 0 bridgehead atoms. The van der Waals surface area contributed by atoms with Crippen LogP contribution in [0.5, 0.6) is 5.88 Å². The highest BCUT2D eigenvalue weighted by Gasteiger charge is 2.33. The van der Waals surface area contributed by atoms with Crippen LogP contribution in [0.25, 0.3) is 5.65 Å². The molecule has 2 aromatic rings. The predicted molar refractivity (Wildman–Crippen MR) is 86.4 cm³/mol. The Bertz CT molecular complexity index is 625. The lowest BCUT2D eigenvalue weighted by molar-refractivity contribution is 0.0433. The van der Waals surface area contributed by atoms with Crippen LogP contribution in [0, 0.1) is 17.8 Å². The fraction of sp³-hybridized carbons (Fsp3) is 0.625. The summed E-state index contributed by atoms with van der Waals surface area (Å²) < 4.78 is 9.05. The Morgan fingerprint density at radius 3 is 2.95 bits per heavy atom. The van der Waals surface area contributed by atoms with E-state index in [-0.39, 0.29) is 6.10 Å². The lowest BCUT2D eigenvalue weighted by atomic mass is 9.75. The number of halogens is 1. The Balaban J connectivity index is 1.90. The molecule has 0 spiro atoms. The molecule has 1 aliphatic rings. The molecule has 5 heteroatoms. The smallest absolute Gasteiger partial charge is 0.259 e. The van der Waals surface area contributed by atoms with Crippen LogP contribution in [-0.2, 0) is 0 Å². The largest absolute Gasteiger partial charge is 0.471 e. The Hall–Kier alpha value is -1.10. The zero-order valence-electron chi connectivity index (χ0n) is 12.8. The highest BCUT2D eigenvalue weighted by atomic mass is 79.9. The molecule has 114 valence electrons. The van der Waals surface area contributed by atoms with Crippen LogP contribution in [-0.4, -0.2) is 20.5 Å². The second-order valence-corrected chi connectivity index (χ2v) is 7.32. The van der Waals surface area contributed by atoms with Gasteiger partial charge in [0, 0.05) is 18.6 Å². The molecule has 0 N–H and O–H groups in total. The van der Waals surface area contributed by atoms with Gasteiger partial charge in [-0.1, -0.05) is 27.2 Å². The number of aromatic nitrogens is 3. The Morgan fingerprint density at radius 2 is 2.19 bits per heavy atom. The summed E-state index contributed by atoms with van der Waals surface area (Å²) in [6.07, 6.45) is 9.46. The van der Waals surface area contributed by atoms with Crippen LogP contribution >= 0.6 is 15.9 Å². The van der Waals surface area contributed by atoms with Gasteiger partial charge in [-0.2, -0.15) is 0 Å². The first kappa shape index (κ1) is 14.8. The average molecular weight is 352 g/mol. The minimum Gasteiger partial charge on any atom is -0.471 e. The van der Waals surface area contributed by atoms with Gasteiger partial charge in [0.25, 0.3) is 5.88 Å². The molecule has 0 aromatic carbocycles. The molecule has 0 aliphatic heterocycles.